The summed E-state index contributed by atoms with van der Waals surface area (Å²) in [5.74, 6) is -0.296. The second kappa shape index (κ2) is 10.3. The molecule has 0 saturated heterocycles. The van der Waals surface area contributed by atoms with Crippen molar-refractivity contribution in [3.63, 3.8) is 0 Å². The SMILES string of the molecule is CON(C)C(=O)c1sc(-c2ccc(Cl)cc2)c(C)c1-c1ccc(S(=O)(=O)/N=C/N(C)C)c(C)c1. The minimum Gasteiger partial charge on any atom is -0.368 e. The third kappa shape index (κ3) is 5.33. The number of aryl methyl sites for hydroxylation is 1. The quantitative estimate of drug-likeness (QED) is 0.241. The van der Waals surface area contributed by atoms with E-state index < -0.39 is 10.0 Å². The van der Waals surface area contributed by atoms with Gasteiger partial charge in [-0.15, -0.1) is 15.7 Å². The van der Waals surface area contributed by atoms with Crippen molar-refractivity contribution in [2.24, 2.45) is 4.40 Å². The molecule has 1 amide bonds. The molecule has 10 heteroatoms. The third-order valence-corrected chi connectivity index (χ3v) is 8.13. The molecule has 3 aromatic rings. The van der Waals surface area contributed by atoms with Gasteiger partial charge in [0.25, 0.3) is 15.9 Å². The van der Waals surface area contributed by atoms with E-state index in [1.807, 2.05) is 19.1 Å². The van der Waals surface area contributed by atoms with Crippen LogP contribution in [0.5, 0.6) is 0 Å². The average Bonchev–Trinajstić information content (AvgIpc) is 3.14. The highest BCUT2D eigenvalue weighted by Gasteiger charge is 2.26. The summed E-state index contributed by atoms with van der Waals surface area (Å²) in [6.45, 7) is 3.66. The van der Waals surface area contributed by atoms with Gasteiger partial charge < -0.3 is 4.90 Å². The van der Waals surface area contributed by atoms with Crippen LogP contribution >= 0.6 is 22.9 Å². The molecular formula is C24H26ClN3O4S2. The van der Waals surface area contributed by atoms with Crippen LogP contribution < -0.4 is 0 Å². The van der Waals surface area contributed by atoms with Gasteiger partial charge in [-0.3, -0.25) is 9.63 Å². The highest BCUT2D eigenvalue weighted by molar-refractivity contribution is 7.90. The number of benzene rings is 2. The molecule has 0 radical (unpaired) electrons. The molecule has 0 atom stereocenters. The number of hydroxylamine groups is 2. The van der Waals surface area contributed by atoms with E-state index in [9.17, 15) is 13.2 Å². The number of amides is 1. The van der Waals surface area contributed by atoms with Gasteiger partial charge >= 0.3 is 0 Å². The summed E-state index contributed by atoms with van der Waals surface area (Å²) in [5.41, 5.74) is 3.83. The lowest BCUT2D eigenvalue weighted by atomic mass is 9.97. The number of nitrogens with zero attached hydrogens (tertiary/aromatic N) is 3. The topological polar surface area (TPSA) is 79.3 Å². The van der Waals surface area contributed by atoms with Crippen molar-refractivity contribution in [2.75, 3.05) is 28.3 Å². The van der Waals surface area contributed by atoms with E-state index in [-0.39, 0.29) is 10.8 Å². The molecule has 0 aliphatic heterocycles. The van der Waals surface area contributed by atoms with Gasteiger partial charge in [0.2, 0.25) is 0 Å². The Bertz CT molecular complexity index is 1350. The van der Waals surface area contributed by atoms with Crippen LogP contribution in [0.15, 0.2) is 51.8 Å². The lowest BCUT2D eigenvalue weighted by Gasteiger charge is -2.15. The summed E-state index contributed by atoms with van der Waals surface area (Å²) in [5, 5.41) is 1.79. The van der Waals surface area contributed by atoms with Crippen LogP contribution in [0, 0.1) is 13.8 Å². The Labute approximate surface area is 209 Å². The summed E-state index contributed by atoms with van der Waals surface area (Å²) in [6, 6.07) is 12.4. The molecule has 0 spiro atoms. The molecule has 34 heavy (non-hydrogen) atoms. The van der Waals surface area contributed by atoms with Crippen LogP contribution in [-0.2, 0) is 14.9 Å². The molecule has 1 heterocycles. The van der Waals surface area contributed by atoms with E-state index in [0.29, 0.717) is 15.5 Å². The van der Waals surface area contributed by atoms with Crippen molar-refractivity contribution in [3.8, 4) is 21.6 Å². The Morgan fingerprint density at radius 3 is 2.24 bits per heavy atom. The fourth-order valence-corrected chi connectivity index (χ4v) is 5.98. The fourth-order valence-electron chi connectivity index (χ4n) is 3.42. The molecule has 0 aliphatic rings. The number of carbonyl (C=O) groups is 1. The molecule has 1 aromatic heterocycles. The van der Waals surface area contributed by atoms with E-state index in [1.165, 1.54) is 35.9 Å². The van der Waals surface area contributed by atoms with Crippen molar-refractivity contribution < 1.29 is 18.0 Å². The van der Waals surface area contributed by atoms with Crippen LogP contribution in [-0.4, -0.2) is 58.9 Å². The molecule has 0 bridgehead atoms. The normalized spacial score (nSPS) is 11.7. The molecule has 0 N–H and O–H groups in total. The van der Waals surface area contributed by atoms with E-state index in [0.717, 1.165) is 27.1 Å². The zero-order valence-corrected chi connectivity index (χ0v) is 22.2. The first kappa shape index (κ1) is 25.9. The molecule has 0 aliphatic carbocycles. The number of carbonyl (C=O) groups excluding carboxylic acids is 1. The molecule has 0 saturated carbocycles. The van der Waals surface area contributed by atoms with E-state index >= 15 is 0 Å². The first-order valence-electron chi connectivity index (χ1n) is 10.3. The van der Waals surface area contributed by atoms with E-state index in [2.05, 4.69) is 4.40 Å². The molecule has 7 nitrogen and oxygen atoms in total. The Morgan fingerprint density at radius 1 is 1.06 bits per heavy atom. The van der Waals surface area contributed by atoms with E-state index in [4.69, 9.17) is 16.4 Å². The van der Waals surface area contributed by atoms with Gasteiger partial charge in [-0.1, -0.05) is 35.9 Å². The second-order valence-electron chi connectivity index (χ2n) is 7.89. The first-order chi connectivity index (χ1) is 16.0. The van der Waals surface area contributed by atoms with Crippen molar-refractivity contribution >= 4 is 45.2 Å². The molecule has 180 valence electrons. The summed E-state index contributed by atoms with van der Waals surface area (Å²) < 4.78 is 29.1. The van der Waals surface area contributed by atoms with E-state index in [1.54, 1.807) is 57.2 Å². The van der Waals surface area contributed by atoms with Gasteiger partial charge in [0.1, 0.15) is 11.2 Å². The van der Waals surface area contributed by atoms with Crippen LogP contribution in [0.2, 0.25) is 5.02 Å². The van der Waals surface area contributed by atoms with Crippen LogP contribution in [0.25, 0.3) is 21.6 Å². The van der Waals surface area contributed by atoms with Gasteiger partial charge in [0.05, 0.1) is 12.0 Å². The molecule has 2 aromatic carbocycles. The molecule has 3 rings (SSSR count). The number of halogens is 1. The molecular weight excluding hydrogens is 494 g/mol. The number of hydrogen-bond acceptors (Lipinski definition) is 5. The maximum absolute atomic E-state index is 13.2. The smallest absolute Gasteiger partial charge is 0.287 e. The summed E-state index contributed by atoms with van der Waals surface area (Å²) >= 11 is 7.41. The Kier molecular flexibility index (Phi) is 7.82. The summed E-state index contributed by atoms with van der Waals surface area (Å²) in [4.78, 5) is 21.4. The van der Waals surface area contributed by atoms with Crippen molar-refractivity contribution in [1.82, 2.24) is 9.96 Å². The van der Waals surface area contributed by atoms with Crippen molar-refractivity contribution in [1.29, 1.82) is 0 Å². The third-order valence-electron chi connectivity index (χ3n) is 5.17. The maximum atomic E-state index is 13.2. The largest absolute Gasteiger partial charge is 0.368 e. The predicted molar refractivity (Wildman–Crippen MR) is 138 cm³/mol. The monoisotopic (exact) mass is 519 g/mol. The lowest BCUT2D eigenvalue weighted by molar-refractivity contribution is -0.0753. The zero-order valence-electron chi connectivity index (χ0n) is 19.8. The van der Waals surface area contributed by atoms with Gasteiger partial charge in [-0.2, -0.15) is 8.42 Å². The molecule has 0 unspecified atom stereocenters. The predicted octanol–water partition coefficient (Wildman–Crippen LogP) is 5.26. The van der Waals surface area contributed by atoms with Crippen LogP contribution in [0.1, 0.15) is 20.8 Å². The minimum atomic E-state index is -3.86. The first-order valence-corrected chi connectivity index (χ1v) is 12.9. The Balaban J connectivity index is 2.19. The van der Waals surface area contributed by atoms with Gasteiger partial charge in [-0.25, -0.2) is 5.06 Å². The highest BCUT2D eigenvalue weighted by Crippen LogP contribution is 2.43. The standard InChI is InChI=1S/C24H26ClN3O4S2/c1-15-13-18(9-12-20(15)34(30,31)26-14-27(3)4)21-16(2)22(17-7-10-19(25)11-8-17)33-23(21)24(29)28(5)32-6/h7-14H,1-6H3/b26-14+. The number of thiophene rings is 1. The van der Waals surface area contributed by atoms with Crippen molar-refractivity contribution in [3.05, 3.63) is 63.5 Å². The Hall–Kier alpha value is -2.72. The van der Waals surface area contributed by atoms with Gasteiger partial charge in [0.15, 0.2) is 0 Å². The zero-order chi connectivity index (χ0) is 25.2. The summed E-state index contributed by atoms with van der Waals surface area (Å²) in [6.07, 6.45) is 1.25. The minimum absolute atomic E-state index is 0.113. The van der Waals surface area contributed by atoms with Crippen LogP contribution in [0.4, 0.5) is 0 Å². The average molecular weight is 520 g/mol. The Morgan fingerprint density at radius 2 is 1.68 bits per heavy atom. The number of hydrogen-bond donors (Lipinski definition) is 0. The number of rotatable bonds is 7. The lowest BCUT2D eigenvalue weighted by Crippen LogP contribution is -2.25. The van der Waals surface area contributed by atoms with Crippen molar-refractivity contribution in [2.45, 2.75) is 18.7 Å². The maximum Gasteiger partial charge on any atom is 0.287 e. The highest BCUT2D eigenvalue weighted by atomic mass is 35.5. The second-order valence-corrected chi connectivity index (χ2v) is 11.0. The van der Waals surface area contributed by atoms with Gasteiger partial charge in [-0.05, 0) is 54.3 Å². The van der Waals surface area contributed by atoms with Gasteiger partial charge in [0, 0.05) is 36.6 Å². The number of sulfonamides is 1. The van der Waals surface area contributed by atoms with Crippen LogP contribution in [0.3, 0.4) is 0 Å². The molecule has 0 fully saturated rings. The summed E-state index contributed by atoms with van der Waals surface area (Å²) in [7, 11) is 2.51. The fraction of sp³-hybridized carbons (Fsp3) is 0.250.